The largest absolute Gasteiger partial charge is 0.480 e. The van der Waals surface area contributed by atoms with E-state index in [4.69, 9.17) is 5.11 Å². The number of hydrogen-bond acceptors (Lipinski definition) is 5. The van der Waals surface area contributed by atoms with Gasteiger partial charge in [0.2, 0.25) is 5.91 Å². The highest BCUT2D eigenvalue weighted by atomic mass is 16.4. The standard InChI is InChI=1S/C18H23N5O4/c1-11(2)8-14(18(26)27)20-16(24)9-19-17(25)15-10-23(22-21-15)13-6-4-12(3)5-7-13/h4-7,10-11,14H,8-9H2,1-3H3,(H,19,25)(H,20,24)(H,26,27)/t14-/m0/s1. The number of amides is 2. The van der Waals surface area contributed by atoms with Gasteiger partial charge in [-0.1, -0.05) is 36.8 Å². The maximum atomic E-state index is 12.1. The molecule has 2 amide bonds. The van der Waals surface area contributed by atoms with Gasteiger partial charge in [-0.3, -0.25) is 9.59 Å². The number of nitrogens with one attached hydrogen (secondary N) is 2. The van der Waals surface area contributed by atoms with Crippen LogP contribution in [0.5, 0.6) is 0 Å². The summed E-state index contributed by atoms with van der Waals surface area (Å²) in [7, 11) is 0. The van der Waals surface area contributed by atoms with Crippen LogP contribution in [0.3, 0.4) is 0 Å². The van der Waals surface area contributed by atoms with E-state index < -0.39 is 23.8 Å². The van der Waals surface area contributed by atoms with Crippen molar-refractivity contribution in [2.75, 3.05) is 6.54 Å². The lowest BCUT2D eigenvalue weighted by Gasteiger charge is -2.16. The van der Waals surface area contributed by atoms with E-state index in [1.165, 1.54) is 10.9 Å². The van der Waals surface area contributed by atoms with E-state index in [2.05, 4.69) is 20.9 Å². The van der Waals surface area contributed by atoms with Crippen molar-refractivity contribution in [1.82, 2.24) is 25.6 Å². The van der Waals surface area contributed by atoms with Crippen LogP contribution in [-0.2, 0) is 9.59 Å². The Morgan fingerprint density at radius 2 is 1.85 bits per heavy atom. The molecule has 0 unspecified atom stereocenters. The van der Waals surface area contributed by atoms with Crippen molar-refractivity contribution in [3.63, 3.8) is 0 Å². The van der Waals surface area contributed by atoms with Crippen molar-refractivity contribution in [3.05, 3.63) is 41.7 Å². The fourth-order valence-electron chi connectivity index (χ4n) is 2.38. The summed E-state index contributed by atoms with van der Waals surface area (Å²) in [5.41, 5.74) is 1.91. The minimum Gasteiger partial charge on any atom is -0.480 e. The molecule has 2 aromatic rings. The lowest BCUT2D eigenvalue weighted by Crippen LogP contribution is -2.46. The van der Waals surface area contributed by atoms with Gasteiger partial charge < -0.3 is 15.7 Å². The molecule has 0 aliphatic heterocycles. The number of carboxylic acid groups (broad SMARTS) is 1. The fraction of sp³-hybridized carbons (Fsp3) is 0.389. The monoisotopic (exact) mass is 373 g/mol. The highest BCUT2D eigenvalue weighted by Crippen LogP contribution is 2.08. The van der Waals surface area contributed by atoms with E-state index in [1.54, 1.807) is 0 Å². The van der Waals surface area contributed by atoms with Crippen LogP contribution >= 0.6 is 0 Å². The minimum atomic E-state index is -1.11. The van der Waals surface area contributed by atoms with Crippen LogP contribution in [-0.4, -0.2) is 50.5 Å². The second kappa shape index (κ2) is 8.93. The Morgan fingerprint density at radius 1 is 1.19 bits per heavy atom. The fourth-order valence-corrected chi connectivity index (χ4v) is 2.38. The maximum absolute atomic E-state index is 12.1. The van der Waals surface area contributed by atoms with Crippen molar-refractivity contribution in [3.8, 4) is 5.69 Å². The van der Waals surface area contributed by atoms with Gasteiger partial charge in [0, 0.05) is 0 Å². The Kier molecular flexibility index (Phi) is 6.64. The van der Waals surface area contributed by atoms with Gasteiger partial charge in [-0.2, -0.15) is 0 Å². The molecule has 9 nitrogen and oxygen atoms in total. The molecule has 0 fully saturated rings. The van der Waals surface area contributed by atoms with Crippen LogP contribution in [0.2, 0.25) is 0 Å². The lowest BCUT2D eigenvalue weighted by atomic mass is 10.0. The number of rotatable bonds is 8. The zero-order valence-corrected chi connectivity index (χ0v) is 15.5. The molecule has 0 saturated carbocycles. The van der Waals surface area contributed by atoms with E-state index in [0.29, 0.717) is 6.42 Å². The van der Waals surface area contributed by atoms with Gasteiger partial charge >= 0.3 is 5.97 Å². The van der Waals surface area contributed by atoms with Crippen molar-refractivity contribution in [1.29, 1.82) is 0 Å². The summed E-state index contributed by atoms with van der Waals surface area (Å²) in [6, 6.07) is 6.53. The maximum Gasteiger partial charge on any atom is 0.326 e. The Morgan fingerprint density at radius 3 is 2.44 bits per heavy atom. The number of aliphatic carboxylic acids is 1. The first kappa shape index (κ1) is 20.1. The Balaban J connectivity index is 1.91. The SMILES string of the molecule is Cc1ccc(-n2cc(C(=O)NCC(=O)N[C@@H](CC(C)C)C(=O)O)nn2)cc1. The third kappa shape index (κ3) is 5.91. The van der Waals surface area contributed by atoms with Crippen molar-refractivity contribution in [2.24, 2.45) is 5.92 Å². The van der Waals surface area contributed by atoms with E-state index in [-0.39, 0.29) is 18.2 Å². The number of nitrogens with zero attached hydrogens (tertiary/aromatic N) is 3. The molecule has 27 heavy (non-hydrogen) atoms. The molecule has 144 valence electrons. The number of hydrogen-bond donors (Lipinski definition) is 3. The summed E-state index contributed by atoms with van der Waals surface area (Å²) in [6.07, 6.45) is 1.76. The molecular formula is C18H23N5O4. The van der Waals surface area contributed by atoms with Crippen molar-refractivity contribution >= 4 is 17.8 Å². The molecule has 0 aliphatic carbocycles. The van der Waals surface area contributed by atoms with Crippen molar-refractivity contribution in [2.45, 2.75) is 33.2 Å². The molecule has 0 bridgehead atoms. The molecule has 1 aromatic heterocycles. The number of carboxylic acids is 1. The number of carbonyl (C=O) groups excluding carboxylic acids is 2. The molecule has 9 heteroatoms. The molecule has 3 N–H and O–H groups in total. The second-order valence-electron chi connectivity index (χ2n) is 6.65. The second-order valence-corrected chi connectivity index (χ2v) is 6.65. The normalized spacial score (nSPS) is 11.9. The molecule has 1 aromatic carbocycles. The topological polar surface area (TPSA) is 126 Å². The quantitative estimate of drug-likeness (QED) is 0.632. The summed E-state index contributed by atoms with van der Waals surface area (Å²) < 4.78 is 1.46. The van der Waals surface area contributed by atoms with Crippen LogP contribution in [0.15, 0.2) is 30.5 Å². The molecule has 0 aliphatic rings. The van der Waals surface area contributed by atoms with Gasteiger partial charge in [-0.05, 0) is 31.4 Å². The molecule has 1 atom stereocenters. The molecule has 0 spiro atoms. The zero-order chi connectivity index (χ0) is 20.0. The minimum absolute atomic E-state index is 0.0559. The van der Waals surface area contributed by atoms with Crippen molar-refractivity contribution < 1.29 is 19.5 Å². The highest BCUT2D eigenvalue weighted by molar-refractivity contribution is 5.95. The summed E-state index contributed by atoms with van der Waals surface area (Å²) in [6.45, 7) is 5.34. The zero-order valence-electron chi connectivity index (χ0n) is 15.5. The van der Waals surface area contributed by atoms with Crippen LogP contribution in [0.25, 0.3) is 5.69 Å². The lowest BCUT2D eigenvalue weighted by molar-refractivity contribution is -0.142. The van der Waals surface area contributed by atoms with Gasteiger partial charge in [0.25, 0.3) is 5.91 Å². The van der Waals surface area contributed by atoms with E-state index in [1.807, 2.05) is 45.0 Å². The van der Waals surface area contributed by atoms with E-state index in [9.17, 15) is 14.4 Å². The number of aryl methyl sites for hydroxylation is 1. The molecule has 0 saturated heterocycles. The van der Waals surface area contributed by atoms with Gasteiger partial charge in [-0.25, -0.2) is 9.48 Å². The Bertz CT molecular complexity index is 813. The first-order chi connectivity index (χ1) is 12.8. The van der Waals surface area contributed by atoms with E-state index in [0.717, 1.165) is 11.3 Å². The molecule has 0 radical (unpaired) electrons. The molecule has 2 rings (SSSR count). The number of benzene rings is 1. The van der Waals surface area contributed by atoms with Crippen LogP contribution < -0.4 is 10.6 Å². The average molecular weight is 373 g/mol. The summed E-state index contributed by atoms with van der Waals surface area (Å²) >= 11 is 0. The van der Waals surface area contributed by atoms with Gasteiger partial charge in [0.1, 0.15) is 6.04 Å². The summed E-state index contributed by atoms with van der Waals surface area (Å²) in [5.74, 6) is -2.15. The summed E-state index contributed by atoms with van der Waals surface area (Å²) in [5, 5.41) is 21.6. The number of carbonyl (C=O) groups is 3. The predicted octanol–water partition coefficient (Wildman–Crippen LogP) is 0.921. The van der Waals surface area contributed by atoms with Gasteiger partial charge in [-0.15, -0.1) is 5.10 Å². The van der Waals surface area contributed by atoms with Crippen LogP contribution in [0.1, 0.15) is 36.3 Å². The Hall–Kier alpha value is -3.23. The Labute approximate surface area is 156 Å². The highest BCUT2D eigenvalue weighted by Gasteiger charge is 2.21. The molecule has 1 heterocycles. The third-order valence-corrected chi connectivity index (χ3v) is 3.77. The molecular weight excluding hydrogens is 350 g/mol. The van der Waals surface area contributed by atoms with Crippen LogP contribution in [0.4, 0.5) is 0 Å². The third-order valence-electron chi connectivity index (χ3n) is 3.77. The van der Waals surface area contributed by atoms with Gasteiger partial charge in [0.05, 0.1) is 18.4 Å². The smallest absolute Gasteiger partial charge is 0.326 e. The van der Waals surface area contributed by atoms with E-state index >= 15 is 0 Å². The number of aromatic nitrogens is 3. The first-order valence-electron chi connectivity index (χ1n) is 8.56. The van der Waals surface area contributed by atoms with Gasteiger partial charge in [0.15, 0.2) is 5.69 Å². The average Bonchev–Trinajstić information content (AvgIpc) is 3.09. The first-order valence-corrected chi connectivity index (χ1v) is 8.56. The predicted molar refractivity (Wildman–Crippen MR) is 97.5 cm³/mol. The summed E-state index contributed by atoms with van der Waals surface area (Å²) in [4.78, 5) is 35.2. The van der Waals surface area contributed by atoms with Crippen LogP contribution in [0, 0.1) is 12.8 Å².